The molecule has 0 radical (unpaired) electrons. The first-order chi connectivity index (χ1) is 13.9. The lowest BCUT2D eigenvalue weighted by molar-refractivity contribution is 0.108. The normalized spacial score (nSPS) is 11.2. The van der Waals surface area contributed by atoms with Gasteiger partial charge in [0.05, 0.1) is 11.4 Å². The number of sulfonamides is 1. The van der Waals surface area contributed by atoms with Gasteiger partial charge < -0.3 is 9.15 Å². The molecule has 1 N–H and O–H groups in total. The highest BCUT2D eigenvalue weighted by Crippen LogP contribution is 2.17. The minimum atomic E-state index is -3.85. The van der Waals surface area contributed by atoms with E-state index in [0.717, 1.165) is 11.6 Å². The average Bonchev–Trinajstić information content (AvgIpc) is 2.72. The smallest absolute Gasteiger partial charge is 0.240 e. The topological polar surface area (TPSA) is 103 Å². The molecular formula is C20H16ClNO6S. The predicted molar refractivity (Wildman–Crippen MR) is 107 cm³/mol. The van der Waals surface area contributed by atoms with Gasteiger partial charge in [0.2, 0.25) is 27.0 Å². The molecule has 0 spiro atoms. The highest BCUT2D eigenvalue weighted by molar-refractivity contribution is 7.89. The van der Waals surface area contributed by atoms with Crippen molar-refractivity contribution in [1.82, 2.24) is 4.72 Å². The quantitative estimate of drug-likeness (QED) is 0.547. The van der Waals surface area contributed by atoms with Gasteiger partial charge in [0, 0.05) is 11.1 Å². The van der Waals surface area contributed by atoms with E-state index in [9.17, 15) is 18.0 Å². The van der Waals surface area contributed by atoms with Gasteiger partial charge in [0.1, 0.15) is 12.4 Å². The molecule has 3 aromatic rings. The number of ether oxygens (including phenoxy) is 1. The molecule has 0 unspecified atom stereocenters. The van der Waals surface area contributed by atoms with Crippen LogP contribution in [0.5, 0.6) is 5.75 Å². The molecule has 0 saturated carbocycles. The van der Waals surface area contributed by atoms with Gasteiger partial charge in [-0.25, -0.2) is 13.1 Å². The first kappa shape index (κ1) is 20.8. The Bertz CT molecular complexity index is 1160. The summed E-state index contributed by atoms with van der Waals surface area (Å²) in [5, 5.41) is 0.400. The van der Waals surface area contributed by atoms with Crippen LogP contribution in [0, 0.1) is 0 Å². The molecule has 150 valence electrons. The van der Waals surface area contributed by atoms with Gasteiger partial charge in [-0.1, -0.05) is 41.9 Å². The van der Waals surface area contributed by atoms with Gasteiger partial charge in [-0.2, -0.15) is 0 Å². The van der Waals surface area contributed by atoms with E-state index in [0.29, 0.717) is 11.3 Å². The van der Waals surface area contributed by atoms with Crippen molar-refractivity contribution >= 4 is 27.9 Å². The van der Waals surface area contributed by atoms with Crippen LogP contribution in [0.3, 0.4) is 0 Å². The second kappa shape index (κ2) is 9.04. The van der Waals surface area contributed by atoms with E-state index in [2.05, 4.69) is 4.72 Å². The molecule has 0 saturated heterocycles. The Morgan fingerprint density at radius 3 is 2.41 bits per heavy atom. The lowest BCUT2D eigenvalue weighted by Crippen LogP contribution is -2.24. The Kier molecular flexibility index (Phi) is 6.48. The number of halogens is 1. The Morgan fingerprint density at radius 1 is 1.07 bits per heavy atom. The number of carbonyl (C=O) groups excluding carboxylic acids is 1. The Morgan fingerprint density at radius 2 is 1.76 bits per heavy atom. The summed E-state index contributed by atoms with van der Waals surface area (Å²) < 4.78 is 37.7. The monoisotopic (exact) mass is 433 g/mol. The lowest BCUT2D eigenvalue weighted by atomic mass is 10.2. The van der Waals surface area contributed by atoms with Crippen LogP contribution in [-0.4, -0.2) is 14.7 Å². The molecule has 0 aliphatic carbocycles. The fourth-order valence-electron chi connectivity index (χ4n) is 2.45. The molecule has 0 aliphatic heterocycles. The fraction of sp³-hybridized carbons (Fsp3) is 0.100. The fourth-order valence-corrected chi connectivity index (χ4v) is 3.57. The van der Waals surface area contributed by atoms with E-state index in [1.165, 1.54) is 24.3 Å². The second-order valence-electron chi connectivity index (χ2n) is 5.94. The summed E-state index contributed by atoms with van der Waals surface area (Å²) >= 11 is 5.76. The van der Waals surface area contributed by atoms with E-state index in [4.69, 9.17) is 20.8 Å². The largest absolute Gasteiger partial charge is 0.481 e. The van der Waals surface area contributed by atoms with Gasteiger partial charge in [0.15, 0.2) is 6.29 Å². The van der Waals surface area contributed by atoms with Gasteiger partial charge in [0.25, 0.3) is 0 Å². The number of hydrogen-bond donors (Lipinski definition) is 1. The maximum atomic E-state index is 12.3. The third kappa shape index (κ3) is 5.32. The number of rotatable bonds is 8. The summed E-state index contributed by atoms with van der Waals surface area (Å²) in [5.74, 6) is -0.566. The first-order valence-electron chi connectivity index (χ1n) is 8.43. The van der Waals surface area contributed by atoms with Crippen molar-refractivity contribution in [3.63, 3.8) is 0 Å². The van der Waals surface area contributed by atoms with Crippen LogP contribution in [-0.2, 0) is 23.2 Å². The summed E-state index contributed by atoms with van der Waals surface area (Å²) in [6.07, 6.45) is 0.346. The zero-order valence-corrected chi connectivity index (χ0v) is 16.6. The van der Waals surface area contributed by atoms with E-state index < -0.39 is 15.5 Å². The molecular weight excluding hydrogens is 418 g/mol. The number of aldehydes is 1. The highest BCUT2D eigenvalue weighted by Gasteiger charge is 2.17. The van der Waals surface area contributed by atoms with Crippen molar-refractivity contribution in [2.24, 2.45) is 0 Å². The van der Waals surface area contributed by atoms with Crippen LogP contribution in [0.2, 0.25) is 5.02 Å². The SMILES string of the molecule is O=Cc1oc(CNS(=O)(=O)c2ccc(Cl)cc2)cc(=O)c1OCc1ccccc1. The van der Waals surface area contributed by atoms with Crippen LogP contribution in [0.25, 0.3) is 0 Å². The molecule has 0 fully saturated rings. The molecule has 0 atom stereocenters. The number of nitrogens with one attached hydrogen (secondary N) is 1. The highest BCUT2D eigenvalue weighted by atomic mass is 35.5. The maximum Gasteiger partial charge on any atom is 0.240 e. The van der Waals surface area contributed by atoms with Crippen molar-refractivity contribution in [3.05, 3.63) is 93.0 Å². The first-order valence-corrected chi connectivity index (χ1v) is 10.3. The Labute approximate surface area is 171 Å². The standard InChI is InChI=1S/C20H16ClNO6S/c21-15-6-8-17(9-7-15)29(25,26)22-11-16-10-18(24)20(19(12-23)28-16)27-13-14-4-2-1-3-5-14/h1-10,12,22H,11,13H2. The second-order valence-corrected chi connectivity index (χ2v) is 8.14. The van der Waals surface area contributed by atoms with Gasteiger partial charge >= 0.3 is 0 Å². The number of carbonyl (C=O) groups is 1. The van der Waals surface area contributed by atoms with Crippen LogP contribution in [0.1, 0.15) is 21.9 Å². The van der Waals surface area contributed by atoms with Gasteiger partial charge in [-0.15, -0.1) is 0 Å². The summed E-state index contributed by atoms with van der Waals surface area (Å²) in [6.45, 7) is -0.241. The summed E-state index contributed by atoms with van der Waals surface area (Å²) in [5.41, 5.74) is 0.221. The zero-order valence-electron chi connectivity index (χ0n) is 15.0. The number of benzene rings is 2. The minimum Gasteiger partial charge on any atom is -0.481 e. The van der Waals surface area contributed by atoms with Crippen LogP contribution < -0.4 is 14.9 Å². The van der Waals surface area contributed by atoms with Crippen molar-refractivity contribution in [1.29, 1.82) is 0 Å². The summed E-state index contributed by atoms with van der Waals surface area (Å²) in [7, 11) is -3.85. The van der Waals surface area contributed by atoms with Crippen molar-refractivity contribution in [2.75, 3.05) is 0 Å². The van der Waals surface area contributed by atoms with E-state index in [-0.39, 0.29) is 35.3 Å². The minimum absolute atomic E-state index is 0.00247. The number of hydrogen-bond acceptors (Lipinski definition) is 6. The molecule has 9 heteroatoms. The Hall–Kier alpha value is -2.94. The molecule has 2 aromatic carbocycles. The maximum absolute atomic E-state index is 12.3. The summed E-state index contributed by atoms with van der Waals surface area (Å²) in [4.78, 5) is 23.7. The molecule has 0 bridgehead atoms. The zero-order chi connectivity index (χ0) is 20.9. The molecule has 29 heavy (non-hydrogen) atoms. The lowest BCUT2D eigenvalue weighted by Gasteiger charge is -2.10. The van der Waals surface area contributed by atoms with E-state index in [1.54, 1.807) is 0 Å². The molecule has 1 aromatic heterocycles. The molecule has 3 rings (SSSR count). The molecule has 0 amide bonds. The third-order valence-electron chi connectivity index (χ3n) is 3.87. The molecule has 1 heterocycles. The predicted octanol–water partition coefficient (Wildman–Crippen LogP) is 3.16. The third-order valence-corrected chi connectivity index (χ3v) is 5.54. The van der Waals surface area contributed by atoms with Crippen molar-refractivity contribution < 1.29 is 22.4 Å². The van der Waals surface area contributed by atoms with Crippen LogP contribution in [0.15, 0.2) is 74.8 Å². The van der Waals surface area contributed by atoms with E-state index >= 15 is 0 Å². The van der Waals surface area contributed by atoms with Crippen molar-refractivity contribution in [2.45, 2.75) is 18.0 Å². The van der Waals surface area contributed by atoms with Gasteiger partial charge in [-0.3, -0.25) is 9.59 Å². The van der Waals surface area contributed by atoms with E-state index in [1.807, 2.05) is 30.3 Å². The molecule has 0 aliphatic rings. The average molecular weight is 434 g/mol. The molecule has 7 nitrogen and oxygen atoms in total. The van der Waals surface area contributed by atoms with Gasteiger partial charge in [-0.05, 0) is 29.8 Å². The Balaban J connectivity index is 1.75. The van der Waals surface area contributed by atoms with Crippen LogP contribution in [0.4, 0.5) is 0 Å². The van der Waals surface area contributed by atoms with Crippen molar-refractivity contribution in [3.8, 4) is 5.75 Å². The summed E-state index contributed by atoms with van der Waals surface area (Å²) in [6, 6.07) is 15.8. The van der Waals surface area contributed by atoms with Crippen LogP contribution >= 0.6 is 11.6 Å².